The number of hydrogen-bond acceptors (Lipinski definition) is 4. The lowest BCUT2D eigenvalue weighted by molar-refractivity contribution is -0.130. The van der Waals surface area contributed by atoms with E-state index in [0.29, 0.717) is 0 Å². The Morgan fingerprint density at radius 2 is 2.24 bits per heavy atom. The van der Waals surface area contributed by atoms with Crippen molar-refractivity contribution in [2.45, 2.75) is 12.5 Å². The second-order valence-electron chi connectivity index (χ2n) is 3.71. The Morgan fingerprint density at radius 1 is 1.59 bits per heavy atom. The molecular weight excluding hydrogens is 286 g/mol. The first-order valence-electron chi connectivity index (χ1n) is 5.06. The molecule has 0 aliphatic carbocycles. The van der Waals surface area contributed by atoms with Gasteiger partial charge in [-0.2, -0.15) is 0 Å². The highest BCUT2D eigenvalue weighted by Crippen LogP contribution is 2.28. The highest BCUT2D eigenvalue weighted by Gasteiger charge is 2.14. The predicted octanol–water partition coefficient (Wildman–Crippen LogP) is 1.18. The third-order valence-corrected chi connectivity index (χ3v) is 3.01. The molecule has 6 heteroatoms. The number of methoxy groups -OCH3 is 1. The largest absolute Gasteiger partial charge is 0.496 e. The maximum absolute atomic E-state index is 11.4. The third-order valence-electron chi connectivity index (χ3n) is 2.39. The molecule has 17 heavy (non-hydrogen) atoms. The van der Waals surface area contributed by atoms with Gasteiger partial charge in [0.05, 0.1) is 11.6 Å². The molecule has 0 fully saturated rings. The predicted molar refractivity (Wildman–Crippen MR) is 69.2 cm³/mol. The Balaban J connectivity index is 2.79. The molecule has 4 N–H and O–H groups in total. The second kappa shape index (κ2) is 6.00. The summed E-state index contributed by atoms with van der Waals surface area (Å²) in [6.45, 7) is 0. The van der Waals surface area contributed by atoms with E-state index in [1.807, 2.05) is 12.1 Å². The summed E-state index contributed by atoms with van der Waals surface area (Å²) in [7, 11) is 3.09. The van der Waals surface area contributed by atoms with E-state index in [9.17, 15) is 4.79 Å². The maximum Gasteiger partial charge on any atom is 0.238 e. The number of hydrogen-bond donors (Lipinski definition) is 2. The fourth-order valence-corrected chi connectivity index (χ4v) is 1.92. The minimum absolute atomic E-state index is 0.172. The number of halogens is 1. The SMILES string of the molecule is COc1ccc(C(N)CC(=O)N(C)N)cc1Br. The summed E-state index contributed by atoms with van der Waals surface area (Å²) < 4.78 is 5.92. The summed E-state index contributed by atoms with van der Waals surface area (Å²) in [4.78, 5) is 11.4. The number of ether oxygens (including phenoxy) is 1. The van der Waals surface area contributed by atoms with Gasteiger partial charge in [0.2, 0.25) is 5.91 Å². The number of nitrogens with two attached hydrogens (primary N) is 2. The smallest absolute Gasteiger partial charge is 0.238 e. The van der Waals surface area contributed by atoms with Crippen molar-refractivity contribution in [3.05, 3.63) is 28.2 Å². The molecule has 0 bridgehead atoms. The van der Waals surface area contributed by atoms with E-state index in [-0.39, 0.29) is 18.4 Å². The van der Waals surface area contributed by atoms with Crippen molar-refractivity contribution in [3.63, 3.8) is 0 Å². The Hall–Kier alpha value is -1.11. The van der Waals surface area contributed by atoms with Crippen molar-refractivity contribution in [1.29, 1.82) is 0 Å². The molecule has 1 unspecified atom stereocenters. The topological polar surface area (TPSA) is 81.6 Å². The third kappa shape index (κ3) is 3.69. The van der Waals surface area contributed by atoms with Gasteiger partial charge in [-0.05, 0) is 33.6 Å². The van der Waals surface area contributed by atoms with E-state index in [0.717, 1.165) is 20.8 Å². The minimum atomic E-state index is -0.379. The van der Waals surface area contributed by atoms with Gasteiger partial charge in [-0.3, -0.25) is 9.80 Å². The van der Waals surface area contributed by atoms with Crippen LogP contribution in [-0.2, 0) is 4.79 Å². The van der Waals surface area contributed by atoms with Crippen LogP contribution < -0.4 is 16.3 Å². The van der Waals surface area contributed by atoms with Gasteiger partial charge in [-0.1, -0.05) is 6.07 Å². The minimum Gasteiger partial charge on any atom is -0.496 e. The van der Waals surface area contributed by atoms with Crippen molar-refractivity contribution in [2.24, 2.45) is 11.6 Å². The van der Waals surface area contributed by atoms with Gasteiger partial charge >= 0.3 is 0 Å². The first-order chi connectivity index (χ1) is 7.95. The van der Waals surface area contributed by atoms with Crippen LogP contribution in [0.2, 0.25) is 0 Å². The molecule has 1 aromatic carbocycles. The van der Waals surface area contributed by atoms with Gasteiger partial charge in [0.25, 0.3) is 0 Å². The summed E-state index contributed by atoms with van der Waals surface area (Å²) in [5.74, 6) is 5.86. The summed E-state index contributed by atoms with van der Waals surface area (Å²) in [5, 5.41) is 1.04. The van der Waals surface area contributed by atoms with Gasteiger partial charge < -0.3 is 10.5 Å². The van der Waals surface area contributed by atoms with Crippen LogP contribution in [0.3, 0.4) is 0 Å². The average Bonchev–Trinajstić information content (AvgIpc) is 2.28. The van der Waals surface area contributed by atoms with Crippen molar-refractivity contribution < 1.29 is 9.53 Å². The van der Waals surface area contributed by atoms with Gasteiger partial charge in [0.15, 0.2) is 0 Å². The van der Waals surface area contributed by atoms with Gasteiger partial charge in [-0.25, -0.2) is 5.84 Å². The Morgan fingerprint density at radius 3 is 2.71 bits per heavy atom. The summed E-state index contributed by atoms with van der Waals surface area (Å²) in [6, 6.07) is 5.09. The van der Waals surface area contributed by atoms with Crippen molar-refractivity contribution in [1.82, 2.24) is 5.01 Å². The molecule has 1 atom stereocenters. The zero-order valence-electron chi connectivity index (χ0n) is 9.81. The number of hydrazine groups is 1. The Labute approximate surface area is 109 Å². The molecular formula is C11H16BrN3O2. The monoisotopic (exact) mass is 301 g/mol. The molecule has 0 radical (unpaired) electrons. The fourth-order valence-electron chi connectivity index (χ4n) is 1.36. The van der Waals surface area contributed by atoms with E-state index in [2.05, 4.69) is 15.9 Å². The van der Waals surface area contributed by atoms with Crippen LogP contribution >= 0.6 is 15.9 Å². The molecule has 1 amide bonds. The van der Waals surface area contributed by atoms with E-state index >= 15 is 0 Å². The van der Waals surface area contributed by atoms with Crippen molar-refractivity contribution in [3.8, 4) is 5.75 Å². The molecule has 0 saturated carbocycles. The van der Waals surface area contributed by atoms with Crippen LogP contribution in [0.15, 0.2) is 22.7 Å². The number of nitrogens with zero attached hydrogens (tertiary/aromatic N) is 1. The van der Waals surface area contributed by atoms with Crippen molar-refractivity contribution in [2.75, 3.05) is 14.2 Å². The first kappa shape index (κ1) is 14.0. The molecule has 0 saturated heterocycles. The van der Waals surface area contributed by atoms with Crippen molar-refractivity contribution >= 4 is 21.8 Å². The molecule has 0 heterocycles. The normalized spacial score (nSPS) is 12.1. The molecule has 1 rings (SSSR count). The van der Waals surface area contributed by atoms with E-state index in [4.69, 9.17) is 16.3 Å². The number of carbonyl (C=O) groups is 1. The lowest BCUT2D eigenvalue weighted by Crippen LogP contribution is -2.35. The van der Waals surface area contributed by atoms with Gasteiger partial charge in [-0.15, -0.1) is 0 Å². The van der Waals surface area contributed by atoms with Crippen LogP contribution in [0, 0.1) is 0 Å². The number of rotatable bonds is 4. The fraction of sp³-hybridized carbons (Fsp3) is 0.364. The van der Waals surface area contributed by atoms with E-state index in [1.165, 1.54) is 7.05 Å². The molecule has 0 spiro atoms. The standard InChI is InChI=1S/C11H16BrN3O2/c1-15(14)11(16)6-9(13)7-3-4-10(17-2)8(12)5-7/h3-5,9H,6,13-14H2,1-2H3. The molecule has 94 valence electrons. The Kier molecular flexibility index (Phi) is 4.92. The van der Waals surface area contributed by atoms with E-state index < -0.39 is 0 Å². The van der Waals surface area contributed by atoms with Crippen LogP contribution in [0.5, 0.6) is 5.75 Å². The number of benzene rings is 1. The quantitative estimate of drug-likeness (QED) is 0.497. The zero-order valence-corrected chi connectivity index (χ0v) is 11.4. The molecule has 5 nitrogen and oxygen atoms in total. The number of amides is 1. The molecule has 0 aliphatic heterocycles. The van der Waals surface area contributed by atoms with Crippen LogP contribution in [-0.4, -0.2) is 25.1 Å². The van der Waals surface area contributed by atoms with Crippen LogP contribution in [0.4, 0.5) is 0 Å². The average molecular weight is 302 g/mol. The highest BCUT2D eigenvalue weighted by atomic mass is 79.9. The first-order valence-corrected chi connectivity index (χ1v) is 5.85. The lowest BCUT2D eigenvalue weighted by atomic mass is 10.0. The zero-order chi connectivity index (χ0) is 13.0. The van der Waals surface area contributed by atoms with E-state index in [1.54, 1.807) is 13.2 Å². The van der Waals surface area contributed by atoms with Gasteiger partial charge in [0, 0.05) is 19.5 Å². The summed E-state index contributed by atoms with van der Waals surface area (Å²) >= 11 is 3.37. The van der Waals surface area contributed by atoms with Gasteiger partial charge in [0.1, 0.15) is 5.75 Å². The van der Waals surface area contributed by atoms with Crippen LogP contribution in [0.25, 0.3) is 0 Å². The maximum atomic E-state index is 11.4. The summed E-state index contributed by atoms with van der Waals surface area (Å²) in [5.41, 5.74) is 6.78. The Bertz CT molecular complexity index is 410. The highest BCUT2D eigenvalue weighted by molar-refractivity contribution is 9.10. The molecule has 1 aromatic rings. The number of carbonyl (C=O) groups excluding carboxylic acids is 1. The molecule has 0 aliphatic rings. The lowest BCUT2D eigenvalue weighted by Gasteiger charge is -2.16. The molecule has 0 aromatic heterocycles. The van der Waals surface area contributed by atoms with Crippen LogP contribution in [0.1, 0.15) is 18.0 Å². The summed E-state index contributed by atoms with van der Waals surface area (Å²) in [6.07, 6.45) is 0.172. The second-order valence-corrected chi connectivity index (χ2v) is 4.56.